The Morgan fingerprint density at radius 2 is 1.85 bits per heavy atom. The van der Waals surface area contributed by atoms with Crippen LogP contribution >= 0.6 is 23.2 Å². The number of nitrogens with zero attached hydrogens (tertiary/aromatic N) is 1. The van der Waals surface area contributed by atoms with Gasteiger partial charge in [0.25, 0.3) is 0 Å². The first-order chi connectivity index (χ1) is 9.70. The monoisotopic (exact) mass is 305 g/mol. The van der Waals surface area contributed by atoms with Gasteiger partial charge in [-0.05, 0) is 30.2 Å². The number of aliphatic imine (C=N–C) groups is 1. The highest BCUT2D eigenvalue weighted by Gasteiger charge is 2.20. The van der Waals surface area contributed by atoms with E-state index in [1.807, 2.05) is 36.4 Å². The van der Waals surface area contributed by atoms with E-state index in [2.05, 4.69) is 4.99 Å². The molecule has 3 rings (SSSR count). The smallest absolute Gasteiger partial charge is 0.138 e. The van der Waals surface area contributed by atoms with Gasteiger partial charge in [0.1, 0.15) is 5.75 Å². The molecule has 1 aliphatic heterocycles. The van der Waals surface area contributed by atoms with Crippen LogP contribution in [0.25, 0.3) is 0 Å². The van der Waals surface area contributed by atoms with Crippen molar-refractivity contribution in [1.82, 2.24) is 0 Å². The quantitative estimate of drug-likeness (QED) is 0.806. The fourth-order valence-electron chi connectivity index (χ4n) is 2.44. The topological polar surface area (TPSA) is 21.6 Å². The van der Waals surface area contributed by atoms with E-state index in [4.69, 9.17) is 27.9 Å². The molecule has 2 nitrogen and oxygen atoms in total. The zero-order chi connectivity index (χ0) is 14.1. The van der Waals surface area contributed by atoms with Gasteiger partial charge in [0, 0.05) is 22.7 Å². The van der Waals surface area contributed by atoms with Crippen molar-refractivity contribution in [3.63, 3.8) is 0 Å². The maximum absolute atomic E-state index is 6.29. The molecule has 0 unspecified atom stereocenters. The summed E-state index contributed by atoms with van der Waals surface area (Å²) in [5, 5.41) is 1.33. The lowest BCUT2D eigenvalue weighted by atomic mass is 9.93. The van der Waals surface area contributed by atoms with E-state index in [0.29, 0.717) is 15.8 Å². The van der Waals surface area contributed by atoms with E-state index in [1.165, 1.54) is 5.56 Å². The van der Waals surface area contributed by atoms with Crippen molar-refractivity contribution < 1.29 is 4.74 Å². The minimum Gasteiger partial charge on any atom is -0.495 e. The Bertz CT molecular complexity index is 695. The lowest BCUT2D eigenvalue weighted by molar-refractivity contribution is 0.414. The number of halogens is 2. The normalized spacial score (nSPS) is 13.7. The van der Waals surface area contributed by atoms with E-state index in [0.717, 1.165) is 29.8 Å². The van der Waals surface area contributed by atoms with Crippen LogP contribution in [0.5, 0.6) is 5.75 Å². The van der Waals surface area contributed by atoms with Gasteiger partial charge < -0.3 is 4.74 Å². The van der Waals surface area contributed by atoms with Gasteiger partial charge in [-0.2, -0.15) is 0 Å². The highest BCUT2D eigenvalue weighted by atomic mass is 35.5. The molecule has 0 saturated carbocycles. The van der Waals surface area contributed by atoms with Crippen molar-refractivity contribution in [2.45, 2.75) is 6.42 Å². The fourth-order valence-corrected chi connectivity index (χ4v) is 2.92. The summed E-state index contributed by atoms with van der Waals surface area (Å²) in [6.45, 7) is 0.746. The number of rotatable bonds is 2. The molecule has 20 heavy (non-hydrogen) atoms. The Labute approximate surface area is 128 Å². The Balaban J connectivity index is 2.17. The minimum absolute atomic E-state index is 0.631. The fraction of sp³-hybridized carbons (Fsp3) is 0.188. The Morgan fingerprint density at radius 1 is 1.05 bits per heavy atom. The molecule has 1 aliphatic rings. The summed E-state index contributed by atoms with van der Waals surface area (Å²) in [7, 11) is 1.61. The van der Waals surface area contributed by atoms with Crippen LogP contribution in [0.3, 0.4) is 0 Å². The number of fused-ring (bicyclic) bond motifs is 1. The van der Waals surface area contributed by atoms with Gasteiger partial charge in [0.2, 0.25) is 0 Å². The molecular weight excluding hydrogens is 293 g/mol. The second kappa shape index (κ2) is 5.47. The summed E-state index contributed by atoms with van der Waals surface area (Å²) in [6, 6.07) is 11.6. The second-order valence-electron chi connectivity index (χ2n) is 4.60. The summed E-state index contributed by atoms with van der Waals surface area (Å²) < 4.78 is 5.31. The Morgan fingerprint density at radius 3 is 2.60 bits per heavy atom. The lowest BCUT2D eigenvalue weighted by Gasteiger charge is -2.19. The van der Waals surface area contributed by atoms with Gasteiger partial charge in [-0.15, -0.1) is 0 Å². The molecule has 0 fully saturated rings. The van der Waals surface area contributed by atoms with Gasteiger partial charge in [-0.25, -0.2) is 0 Å². The number of benzene rings is 2. The molecule has 2 aromatic rings. The van der Waals surface area contributed by atoms with E-state index in [-0.39, 0.29) is 0 Å². The third-order valence-corrected chi connectivity index (χ3v) is 4.04. The molecule has 0 spiro atoms. The number of ether oxygens (including phenoxy) is 1. The third-order valence-electron chi connectivity index (χ3n) is 3.41. The molecule has 0 N–H and O–H groups in total. The molecule has 0 amide bonds. The van der Waals surface area contributed by atoms with Crippen molar-refractivity contribution in [2.75, 3.05) is 13.7 Å². The maximum atomic E-state index is 6.29. The minimum atomic E-state index is 0.631. The van der Waals surface area contributed by atoms with Gasteiger partial charge in [-0.3, -0.25) is 4.99 Å². The average Bonchev–Trinajstić information content (AvgIpc) is 2.46. The molecule has 2 aromatic carbocycles. The van der Waals surface area contributed by atoms with Crippen molar-refractivity contribution in [3.05, 3.63) is 63.1 Å². The molecule has 0 saturated heterocycles. The first-order valence-corrected chi connectivity index (χ1v) is 7.12. The molecule has 0 aromatic heterocycles. The second-order valence-corrected chi connectivity index (χ2v) is 5.42. The molecule has 0 bridgehead atoms. The Kier molecular flexibility index (Phi) is 3.68. The van der Waals surface area contributed by atoms with Crippen molar-refractivity contribution in [3.8, 4) is 5.75 Å². The summed E-state index contributed by atoms with van der Waals surface area (Å²) in [5.41, 5.74) is 4.08. The molecule has 102 valence electrons. The van der Waals surface area contributed by atoms with Crippen LogP contribution in [0.2, 0.25) is 10.0 Å². The molecule has 1 heterocycles. The lowest BCUT2D eigenvalue weighted by Crippen LogP contribution is -2.15. The zero-order valence-electron chi connectivity index (χ0n) is 11.0. The van der Waals surface area contributed by atoms with E-state index in [1.54, 1.807) is 7.11 Å². The van der Waals surface area contributed by atoms with Crippen LogP contribution in [0.15, 0.2) is 41.4 Å². The van der Waals surface area contributed by atoms with E-state index < -0.39 is 0 Å². The highest BCUT2D eigenvalue weighted by molar-refractivity contribution is 6.36. The first-order valence-electron chi connectivity index (χ1n) is 6.37. The Hall–Kier alpha value is -1.51. The summed E-state index contributed by atoms with van der Waals surface area (Å²) in [6.07, 6.45) is 0.882. The molecule has 0 aliphatic carbocycles. The molecular formula is C16H13Cl2NO. The summed E-state index contributed by atoms with van der Waals surface area (Å²) >= 11 is 12.5. The van der Waals surface area contributed by atoms with Crippen LogP contribution in [-0.4, -0.2) is 19.4 Å². The molecule has 4 heteroatoms. The average molecular weight is 306 g/mol. The van der Waals surface area contributed by atoms with Gasteiger partial charge in [0.05, 0.1) is 17.8 Å². The number of methoxy groups -OCH3 is 1. The SMILES string of the molecule is COc1cc2c(cc1Cl)CCN=C2c1ccccc1Cl. The number of hydrogen-bond donors (Lipinski definition) is 0. The van der Waals surface area contributed by atoms with Gasteiger partial charge >= 0.3 is 0 Å². The first kappa shape index (κ1) is 13.5. The molecule has 0 radical (unpaired) electrons. The van der Waals surface area contributed by atoms with E-state index in [9.17, 15) is 0 Å². The van der Waals surface area contributed by atoms with Crippen molar-refractivity contribution in [1.29, 1.82) is 0 Å². The van der Waals surface area contributed by atoms with Gasteiger partial charge in [-0.1, -0.05) is 41.4 Å². The standard InChI is InChI=1S/C16H13Cl2NO/c1-20-15-9-12-10(8-14(15)18)6-7-19-16(12)11-4-2-3-5-13(11)17/h2-5,8-9H,6-7H2,1H3. The number of hydrogen-bond acceptors (Lipinski definition) is 2. The summed E-state index contributed by atoms with van der Waals surface area (Å²) in [4.78, 5) is 4.64. The van der Waals surface area contributed by atoms with E-state index >= 15 is 0 Å². The summed E-state index contributed by atoms with van der Waals surface area (Å²) in [5.74, 6) is 0.659. The highest BCUT2D eigenvalue weighted by Crippen LogP contribution is 2.32. The largest absolute Gasteiger partial charge is 0.495 e. The predicted molar refractivity (Wildman–Crippen MR) is 83.7 cm³/mol. The maximum Gasteiger partial charge on any atom is 0.138 e. The van der Waals surface area contributed by atoms with Crippen LogP contribution in [0, 0.1) is 0 Å². The van der Waals surface area contributed by atoms with Crippen LogP contribution in [0.4, 0.5) is 0 Å². The van der Waals surface area contributed by atoms with Crippen LogP contribution < -0.4 is 4.74 Å². The third kappa shape index (κ3) is 2.30. The van der Waals surface area contributed by atoms with Crippen LogP contribution in [0.1, 0.15) is 16.7 Å². The zero-order valence-corrected chi connectivity index (χ0v) is 12.5. The van der Waals surface area contributed by atoms with Crippen LogP contribution in [-0.2, 0) is 6.42 Å². The molecule has 0 atom stereocenters. The van der Waals surface area contributed by atoms with Gasteiger partial charge in [0.15, 0.2) is 0 Å². The van der Waals surface area contributed by atoms with Crippen molar-refractivity contribution >= 4 is 28.9 Å². The van der Waals surface area contributed by atoms with Crippen molar-refractivity contribution in [2.24, 2.45) is 4.99 Å². The predicted octanol–water partition coefficient (Wildman–Crippen LogP) is 4.40.